The topological polar surface area (TPSA) is 118 Å². The van der Waals surface area contributed by atoms with Gasteiger partial charge in [-0.1, -0.05) is 6.07 Å². The minimum absolute atomic E-state index is 0.112. The highest BCUT2D eigenvalue weighted by molar-refractivity contribution is 5.90. The van der Waals surface area contributed by atoms with Crippen molar-refractivity contribution in [2.75, 3.05) is 11.1 Å². The highest BCUT2D eigenvalue weighted by Crippen LogP contribution is 2.41. The molecule has 0 spiro atoms. The van der Waals surface area contributed by atoms with Crippen molar-refractivity contribution in [2.24, 2.45) is 0 Å². The Kier molecular flexibility index (Phi) is 4.24. The lowest BCUT2D eigenvalue weighted by Crippen LogP contribution is -2.13. The molecule has 0 saturated carbocycles. The highest BCUT2D eigenvalue weighted by Gasteiger charge is 2.26. The average Bonchev–Trinajstić information content (AvgIpc) is 2.67. The molecule has 0 radical (unpaired) electrons. The summed E-state index contributed by atoms with van der Waals surface area (Å²) in [5, 5.41) is 12.5. The second-order valence-electron chi connectivity index (χ2n) is 6.76. The van der Waals surface area contributed by atoms with E-state index in [9.17, 15) is 10.1 Å². The Morgan fingerprint density at radius 2 is 2.00 bits per heavy atom. The molecule has 7 nitrogen and oxygen atoms in total. The first-order chi connectivity index (χ1) is 13.5. The number of nitrogens with two attached hydrogens (primary N) is 1. The quantitative estimate of drug-likeness (QED) is 0.716. The molecule has 2 heterocycles. The molecular formula is C21H18N6O. The van der Waals surface area contributed by atoms with Crippen LogP contribution < -0.4 is 11.1 Å². The van der Waals surface area contributed by atoms with Crippen molar-refractivity contribution in [3.63, 3.8) is 0 Å². The van der Waals surface area contributed by atoms with Crippen LogP contribution in [0.25, 0.3) is 22.4 Å². The van der Waals surface area contributed by atoms with E-state index in [2.05, 4.69) is 26.3 Å². The zero-order chi connectivity index (χ0) is 19.8. The fourth-order valence-corrected chi connectivity index (χ4v) is 3.63. The molecule has 0 bridgehead atoms. The molecule has 28 heavy (non-hydrogen) atoms. The Labute approximate surface area is 162 Å². The SMILES string of the molecule is CC(=O)Nc1ccc2c(c1)CCc1c-2nc(N)c(C#N)c1-c1cnc(C)nc1. The first-order valence-corrected chi connectivity index (χ1v) is 8.90. The zero-order valence-corrected chi connectivity index (χ0v) is 15.6. The van der Waals surface area contributed by atoms with E-state index in [-0.39, 0.29) is 11.7 Å². The zero-order valence-electron chi connectivity index (χ0n) is 15.6. The Morgan fingerprint density at radius 1 is 1.25 bits per heavy atom. The number of carbonyl (C=O) groups is 1. The number of nitriles is 1. The molecule has 0 fully saturated rings. The van der Waals surface area contributed by atoms with Crippen LogP contribution in [0.1, 0.15) is 29.4 Å². The summed E-state index contributed by atoms with van der Waals surface area (Å²) >= 11 is 0. The Balaban J connectivity index is 1.93. The Hall–Kier alpha value is -3.79. The number of hydrogen-bond acceptors (Lipinski definition) is 6. The van der Waals surface area contributed by atoms with Crippen molar-refractivity contribution in [3.8, 4) is 28.5 Å². The number of fused-ring (bicyclic) bond motifs is 3. The van der Waals surface area contributed by atoms with Gasteiger partial charge in [-0.15, -0.1) is 0 Å². The van der Waals surface area contributed by atoms with Gasteiger partial charge < -0.3 is 11.1 Å². The molecular weight excluding hydrogens is 352 g/mol. The molecule has 3 aromatic rings. The number of anilines is 2. The average molecular weight is 370 g/mol. The Morgan fingerprint density at radius 3 is 2.68 bits per heavy atom. The maximum atomic E-state index is 11.3. The van der Waals surface area contributed by atoms with Crippen LogP contribution in [0.15, 0.2) is 30.6 Å². The van der Waals surface area contributed by atoms with E-state index >= 15 is 0 Å². The molecule has 2 aromatic heterocycles. The third-order valence-electron chi connectivity index (χ3n) is 4.83. The highest BCUT2D eigenvalue weighted by atomic mass is 16.1. The monoisotopic (exact) mass is 370 g/mol. The molecule has 7 heteroatoms. The second-order valence-corrected chi connectivity index (χ2v) is 6.76. The number of carbonyl (C=O) groups excluding carboxylic acids is 1. The van der Waals surface area contributed by atoms with E-state index < -0.39 is 0 Å². The van der Waals surface area contributed by atoms with Gasteiger partial charge in [0.2, 0.25) is 5.91 Å². The summed E-state index contributed by atoms with van der Waals surface area (Å²) in [5.41, 5.74) is 12.5. The van der Waals surface area contributed by atoms with Crippen molar-refractivity contribution >= 4 is 17.4 Å². The lowest BCUT2D eigenvalue weighted by molar-refractivity contribution is -0.114. The fraction of sp³-hybridized carbons (Fsp3) is 0.190. The number of nitrogen functional groups attached to an aromatic ring is 1. The predicted octanol–water partition coefficient (Wildman–Crippen LogP) is 3.02. The molecule has 0 atom stereocenters. The van der Waals surface area contributed by atoms with Gasteiger partial charge in [-0.25, -0.2) is 15.0 Å². The summed E-state index contributed by atoms with van der Waals surface area (Å²) in [6.45, 7) is 3.30. The van der Waals surface area contributed by atoms with Crippen molar-refractivity contribution in [1.29, 1.82) is 5.26 Å². The van der Waals surface area contributed by atoms with Crippen molar-refractivity contribution in [2.45, 2.75) is 26.7 Å². The normalized spacial score (nSPS) is 11.9. The van der Waals surface area contributed by atoms with Crippen LogP contribution in [-0.4, -0.2) is 20.9 Å². The van der Waals surface area contributed by atoms with Crippen LogP contribution in [0.2, 0.25) is 0 Å². The molecule has 0 unspecified atom stereocenters. The van der Waals surface area contributed by atoms with Crippen LogP contribution in [0.5, 0.6) is 0 Å². The van der Waals surface area contributed by atoms with Crippen LogP contribution in [0.3, 0.4) is 0 Å². The van der Waals surface area contributed by atoms with Crippen LogP contribution in [-0.2, 0) is 17.6 Å². The van der Waals surface area contributed by atoms with Gasteiger partial charge in [-0.05, 0) is 43.0 Å². The first-order valence-electron chi connectivity index (χ1n) is 8.90. The van der Waals surface area contributed by atoms with E-state index in [1.54, 1.807) is 12.4 Å². The van der Waals surface area contributed by atoms with Gasteiger partial charge in [0, 0.05) is 41.7 Å². The number of hydrogen-bond donors (Lipinski definition) is 2. The van der Waals surface area contributed by atoms with Gasteiger partial charge in [0.05, 0.1) is 5.69 Å². The number of benzene rings is 1. The van der Waals surface area contributed by atoms with Gasteiger partial charge >= 0.3 is 0 Å². The van der Waals surface area contributed by atoms with Gasteiger partial charge in [-0.2, -0.15) is 5.26 Å². The molecule has 1 aliphatic rings. The summed E-state index contributed by atoms with van der Waals surface area (Å²) in [5.74, 6) is 0.739. The molecule has 1 aromatic carbocycles. The third-order valence-corrected chi connectivity index (χ3v) is 4.83. The van der Waals surface area contributed by atoms with Gasteiger partial charge in [-0.3, -0.25) is 4.79 Å². The predicted molar refractivity (Wildman–Crippen MR) is 106 cm³/mol. The summed E-state index contributed by atoms with van der Waals surface area (Å²) in [6, 6.07) is 7.94. The number of aryl methyl sites for hydroxylation is 2. The largest absolute Gasteiger partial charge is 0.383 e. The molecule has 138 valence electrons. The van der Waals surface area contributed by atoms with Gasteiger partial charge in [0.15, 0.2) is 0 Å². The second kappa shape index (κ2) is 6.74. The van der Waals surface area contributed by atoms with E-state index in [1.165, 1.54) is 6.92 Å². The minimum Gasteiger partial charge on any atom is -0.383 e. The maximum Gasteiger partial charge on any atom is 0.221 e. The number of aromatic nitrogens is 3. The molecule has 1 amide bonds. The molecule has 1 aliphatic carbocycles. The fourth-order valence-electron chi connectivity index (χ4n) is 3.63. The Bertz CT molecular complexity index is 1150. The van der Waals surface area contributed by atoms with E-state index in [0.717, 1.165) is 45.6 Å². The van der Waals surface area contributed by atoms with Crippen LogP contribution >= 0.6 is 0 Å². The van der Waals surface area contributed by atoms with Gasteiger partial charge in [0.25, 0.3) is 0 Å². The third kappa shape index (κ3) is 2.95. The summed E-state index contributed by atoms with van der Waals surface area (Å²) < 4.78 is 0. The molecule has 3 N–H and O–H groups in total. The summed E-state index contributed by atoms with van der Waals surface area (Å²) in [7, 11) is 0. The molecule has 0 aliphatic heterocycles. The van der Waals surface area contributed by atoms with Gasteiger partial charge in [0.1, 0.15) is 23.3 Å². The maximum absolute atomic E-state index is 11.3. The molecule has 0 saturated heterocycles. The van der Waals surface area contributed by atoms with Crippen LogP contribution in [0, 0.1) is 18.3 Å². The standard InChI is InChI=1S/C21H18N6O/c1-11-24-9-14(10-25-11)19-17-5-3-13-7-15(26-12(2)28)4-6-16(13)20(17)27-21(23)18(19)8-22/h4,6-7,9-10H,3,5H2,1-2H3,(H2,23,27)(H,26,28). The summed E-state index contributed by atoms with van der Waals surface area (Å²) in [4.78, 5) is 24.4. The lowest BCUT2D eigenvalue weighted by Gasteiger charge is -2.24. The van der Waals surface area contributed by atoms with Crippen molar-refractivity contribution in [1.82, 2.24) is 15.0 Å². The molecule has 4 rings (SSSR count). The number of nitrogens with one attached hydrogen (secondary N) is 1. The number of nitrogens with zero attached hydrogens (tertiary/aromatic N) is 4. The van der Waals surface area contributed by atoms with E-state index in [1.807, 2.05) is 25.1 Å². The first kappa shape index (κ1) is 17.6. The van der Waals surface area contributed by atoms with Crippen LogP contribution in [0.4, 0.5) is 11.5 Å². The number of pyridine rings is 1. The number of amides is 1. The van der Waals surface area contributed by atoms with E-state index in [0.29, 0.717) is 17.8 Å². The van der Waals surface area contributed by atoms with E-state index in [4.69, 9.17) is 5.73 Å². The number of rotatable bonds is 2. The van der Waals surface area contributed by atoms with Crippen molar-refractivity contribution < 1.29 is 4.79 Å². The smallest absolute Gasteiger partial charge is 0.221 e. The summed E-state index contributed by atoms with van der Waals surface area (Å²) in [6.07, 6.45) is 4.91. The lowest BCUT2D eigenvalue weighted by atomic mass is 9.83. The minimum atomic E-state index is -0.112. The van der Waals surface area contributed by atoms with Crippen molar-refractivity contribution in [3.05, 3.63) is 53.1 Å².